The Hall–Kier alpha value is -3.22. The molecule has 0 radical (unpaired) electrons. The van der Waals surface area contributed by atoms with E-state index in [0.717, 1.165) is 16.7 Å². The van der Waals surface area contributed by atoms with Gasteiger partial charge in [0.1, 0.15) is 17.9 Å². The van der Waals surface area contributed by atoms with Gasteiger partial charge in [-0.25, -0.2) is 9.18 Å². The number of hydrogen-bond donors (Lipinski definition) is 3. The Morgan fingerprint density at radius 2 is 1.59 bits per heavy atom. The van der Waals surface area contributed by atoms with Crippen LogP contribution in [-0.2, 0) is 27.2 Å². The molecule has 0 aliphatic carbocycles. The number of carbonyl (C=O) groups excluding carboxylic acids is 2. The number of carbonyl (C=O) groups is 3. The van der Waals surface area contributed by atoms with Crippen LogP contribution >= 0.6 is 0 Å². The Bertz CT molecular complexity index is 913. The maximum atomic E-state index is 13.4. The number of carboxylic acid groups (broad SMARTS) is 1. The van der Waals surface area contributed by atoms with E-state index < -0.39 is 35.7 Å². The van der Waals surface area contributed by atoms with E-state index in [1.165, 1.54) is 25.1 Å². The van der Waals surface area contributed by atoms with Crippen LogP contribution < -0.4 is 10.6 Å². The summed E-state index contributed by atoms with van der Waals surface area (Å²) >= 11 is 0. The summed E-state index contributed by atoms with van der Waals surface area (Å²) in [6, 6.07) is 9.12. The first-order valence-corrected chi connectivity index (χ1v) is 9.26. The number of hydrogen-bond acceptors (Lipinski definition) is 3. The van der Waals surface area contributed by atoms with Crippen LogP contribution in [0.15, 0.2) is 42.5 Å². The van der Waals surface area contributed by atoms with Crippen LogP contribution in [0.5, 0.6) is 0 Å². The average Bonchev–Trinajstić information content (AvgIpc) is 2.63. The predicted octanol–water partition coefficient (Wildman–Crippen LogP) is 2.30. The molecule has 7 heteroatoms. The molecule has 0 aromatic heterocycles. The Kier molecular flexibility index (Phi) is 7.47. The van der Waals surface area contributed by atoms with Crippen molar-refractivity contribution < 1.29 is 23.9 Å². The molecule has 3 N–H and O–H groups in total. The number of rotatable bonds is 8. The number of amides is 2. The molecule has 0 spiro atoms. The summed E-state index contributed by atoms with van der Waals surface area (Å²) in [7, 11) is 0. The lowest BCUT2D eigenvalue weighted by atomic mass is 10.00. The molecule has 29 heavy (non-hydrogen) atoms. The first-order valence-electron chi connectivity index (χ1n) is 9.26. The maximum absolute atomic E-state index is 13.4. The monoisotopic (exact) mass is 400 g/mol. The maximum Gasteiger partial charge on any atom is 0.326 e. The number of benzene rings is 2. The van der Waals surface area contributed by atoms with Crippen molar-refractivity contribution in [2.45, 2.75) is 45.7 Å². The molecule has 2 atom stereocenters. The molecule has 6 nitrogen and oxygen atoms in total. The van der Waals surface area contributed by atoms with Gasteiger partial charge in [0, 0.05) is 19.8 Å². The van der Waals surface area contributed by atoms with Crippen molar-refractivity contribution in [1.29, 1.82) is 0 Å². The van der Waals surface area contributed by atoms with Gasteiger partial charge in [0.05, 0.1) is 0 Å². The molecule has 0 fully saturated rings. The molecule has 0 saturated heterocycles. The molecule has 0 aliphatic heterocycles. The summed E-state index contributed by atoms with van der Waals surface area (Å²) in [5.41, 5.74) is 3.41. The summed E-state index contributed by atoms with van der Waals surface area (Å²) in [4.78, 5) is 35.9. The molecule has 2 aromatic rings. The third kappa shape index (κ3) is 6.71. The second kappa shape index (κ2) is 9.82. The molecule has 154 valence electrons. The van der Waals surface area contributed by atoms with Gasteiger partial charge in [-0.3, -0.25) is 9.59 Å². The first-order chi connectivity index (χ1) is 13.7. The number of aliphatic carboxylic acids is 1. The molecule has 2 aromatic carbocycles. The lowest BCUT2D eigenvalue weighted by Crippen LogP contribution is -2.52. The Morgan fingerprint density at radius 1 is 0.931 bits per heavy atom. The summed E-state index contributed by atoms with van der Waals surface area (Å²) in [6.07, 6.45) is 0.147. The van der Waals surface area contributed by atoms with Crippen LogP contribution in [0.2, 0.25) is 0 Å². The zero-order chi connectivity index (χ0) is 21.6. The zero-order valence-electron chi connectivity index (χ0n) is 16.7. The predicted molar refractivity (Wildman–Crippen MR) is 107 cm³/mol. The average molecular weight is 400 g/mol. The zero-order valence-corrected chi connectivity index (χ0v) is 16.7. The summed E-state index contributed by atoms with van der Waals surface area (Å²) < 4.78 is 13.4. The third-order valence-corrected chi connectivity index (χ3v) is 4.65. The van der Waals surface area contributed by atoms with Crippen molar-refractivity contribution in [1.82, 2.24) is 10.6 Å². The van der Waals surface area contributed by atoms with Crippen LogP contribution in [0.3, 0.4) is 0 Å². The minimum atomic E-state index is -1.18. The normalized spacial score (nSPS) is 12.7. The number of aryl methyl sites for hydroxylation is 2. The highest BCUT2D eigenvalue weighted by molar-refractivity contribution is 5.90. The Labute approximate surface area is 169 Å². The molecule has 0 aliphatic rings. The highest BCUT2D eigenvalue weighted by atomic mass is 19.1. The molecule has 0 bridgehead atoms. The molecular weight excluding hydrogens is 375 g/mol. The van der Waals surface area contributed by atoms with Crippen LogP contribution in [-0.4, -0.2) is 35.0 Å². The SMILES string of the molecule is CC(=O)N[C@@H](Cc1cccc(F)c1)C(=O)N[C@H](Cc1ccc(C)c(C)c1)C(=O)O. The number of nitrogens with one attached hydrogen (secondary N) is 2. The highest BCUT2D eigenvalue weighted by Crippen LogP contribution is 2.12. The van der Waals surface area contributed by atoms with Gasteiger partial charge >= 0.3 is 5.97 Å². The van der Waals surface area contributed by atoms with Crippen molar-refractivity contribution in [3.8, 4) is 0 Å². The highest BCUT2D eigenvalue weighted by Gasteiger charge is 2.26. The molecule has 0 heterocycles. The van der Waals surface area contributed by atoms with E-state index in [1.807, 2.05) is 32.0 Å². The van der Waals surface area contributed by atoms with Crippen molar-refractivity contribution in [2.24, 2.45) is 0 Å². The van der Waals surface area contributed by atoms with Gasteiger partial charge in [0.25, 0.3) is 0 Å². The fourth-order valence-corrected chi connectivity index (χ4v) is 2.99. The van der Waals surface area contributed by atoms with Gasteiger partial charge < -0.3 is 15.7 Å². The van der Waals surface area contributed by atoms with E-state index in [9.17, 15) is 23.9 Å². The van der Waals surface area contributed by atoms with Gasteiger partial charge in [-0.05, 0) is 48.2 Å². The molecule has 2 amide bonds. The second-order valence-corrected chi connectivity index (χ2v) is 7.11. The van der Waals surface area contributed by atoms with Gasteiger partial charge in [-0.15, -0.1) is 0 Å². The van der Waals surface area contributed by atoms with Gasteiger partial charge in [-0.1, -0.05) is 30.3 Å². The van der Waals surface area contributed by atoms with E-state index in [1.54, 1.807) is 6.07 Å². The first kappa shape index (κ1) is 22.1. The summed E-state index contributed by atoms with van der Waals surface area (Å²) in [5, 5.41) is 14.5. The van der Waals surface area contributed by atoms with Crippen LogP contribution in [0, 0.1) is 19.7 Å². The quantitative estimate of drug-likeness (QED) is 0.634. The van der Waals surface area contributed by atoms with E-state index in [0.29, 0.717) is 5.56 Å². The molecule has 0 saturated carbocycles. The molecule has 0 unspecified atom stereocenters. The smallest absolute Gasteiger partial charge is 0.326 e. The van der Waals surface area contributed by atoms with Crippen molar-refractivity contribution in [3.63, 3.8) is 0 Å². The molecular formula is C22H25FN2O4. The van der Waals surface area contributed by atoms with E-state index >= 15 is 0 Å². The Morgan fingerprint density at radius 3 is 2.17 bits per heavy atom. The van der Waals surface area contributed by atoms with Crippen LogP contribution in [0.1, 0.15) is 29.2 Å². The number of halogens is 1. The van der Waals surface area contributed by atoms with Gasteiger partial charge in [0.2, 0.25) is 11.8 Å². The third-order valence-electron chi connectivity index (χ3n) is 4.65. The Balaban J connectivity index is 2.15. The lowest BCUT2D eigenvalue weighted by Gasteiger charge is -2.21. The topological polar surface area (TPSA) is 95.5 Å². The number of carboxylic acids is 1. The molecule has 2 rings (SSSR count). The summed E-state index contributed by atoms with van der Waals surface area (Å²) in [6.45, 7) is 5.15. The van der Waals surface area contributed by atoms with Crippen LogP contribution in [0.25, 0.3) is 0 Å². The van der Waals surface area contributed by atoms with E-state index in [2.05, 4.69) is 10.6 Å². The standard InChI is InChI=1S/C22H25FN2O4/c1-13-7-8-17(9-14(13)2)12-20(22(28)29)25-21(27)19(24-15(3)26)11-16-5-4-6-18(23)10-16/h4-10,19-20H,11-12H2,1-3H3,(H,24,26)(H,25,27)(H,28,29)/t19-,20+/m0/s1. The second-order valence-electron chi connectivity index (χ2n) is 7.11. The van der Waals surface area contributed by atoms with Crippen molar-refractivity contribution in [2.75, 3.05) is 0 Å². The minimum Gasteiger partial charge on any atom is -0.480 e. The van der Waals surface area contributed by atoms with Crippen molar-refractivity contribution >= 4 is 17.8 Å². The lowest BCUT2D eigenvalue weighted by molar-refractivity contribution is -0.142. The minimum absolute atomic E-state index is 0.0408. The fraction of sp³-hybridized carbons (Fsp3) is 0.318. The summed E-state index contributed by atoms with van der Waals surface area (Å²) in [5.74, 6) is -2.71. The van der Waals surface area contributed by atoms with E-state index in [4.69, 9.17) is 0 Å². The van der Waals surface area contributed by atoms with Gasteiger partial charge in [-0.2, -0.15) is 0 Å². The van der Waals surface area contributed by atoms with Crippen molar-refractivity contribution in [3.05, 3.63) is 70.5 Å². The largest absolute Gasteiger partial charge is 0.480 e. The van der Waals surface area contributed by atoms with Crippen LogP contribution in [0.4, 0.5) is 4.39 Å². The van der Waals surface area contributed by atoms with E-state index in [-0.39, 0.29) is 12.8 Å². The fourth-order valence-electron chi connectivity index (χ4n) is 2.99. The van der Waals surface area contributed by atoms with Gasteiger partial charge in [0.15, 0.2) is 0 Å².